The maximum absolute atomic E-state index is 13.9. The van der Waals surface area contributed by atoms with E-state index in [2.05, 4.69) is 5.32 Å². The second-order valence-corrected chi connectivity index (χ2v) is 5.48. The molecular formula is C17H19ClFNO. The fourth-order valence-corrected chi connectivity index (χ4v) is 2.72. The molecule has 0 heterocycles. The standard InChI is InChI=1S/C17H19ClFNO/c1-10-7-13(14(18)8-11(10)2)17(20-3)12-5-6-16(21-4)15(19)9-12/h5-9,17,20H,1-4H3. The van der Waals surface area contributed by atoms with Crippen molar-refractivity contribution in [3.05, 3.63) is 63.4 Å². The number of nitrogens with one attached hydrogen (secondary N) is 1. The third kappa shape index (κ3) is 3.20. The molecule has 1 unspecified atom stereocenters. The molecule has 0 aliphatic heterocycles. The highest BCUT2D eigenvalue weighted by molar-refractivity contribution is 6.31. The molecule has 0 bridgehead atoms. The van der Waals surface area contributed by atoms with Crippen LogP contribution in [0.2, 0.25) is 5.02 Å². The highest BCUT2D eigenvalue weighted by Gasteiger charge is 2.18. The Bertz CT molecular complexity index is 657. The monoisotopic (exact) mass is 307 g/mol. The van der Waals surface area contributed by atoms with E-state index in [-0.39, 0.29) is 17.6 Å². The van der Waals surface area contributed by atoms with E-state index in [4.69, 9.17) is 16.3 Å². The Balaban J connectivity index is 2.49. The van der Waals surface area contributed by atoms with Gasteiger partial charge in [0.15, 0.2) is 11.6 Å². The average molecular weight is 308 g/mol. The van der Waals surface area contributed by atoms with Crippen molar-refractivity contribution in [2.45, 2.75) is 19.9 Å². The van der Waals surface area contributed by atoms with Crippen molar-refractivity contribution in [1.82, 2.24) is 5.32 Å². The molecule has 0 saturated heterocycles. The van der Waals surface area contributed by atoms with Crippen LogP contribution in [0.4, 0.5) is 4.39 Å². The van der Waals surface area contributed by atoms with E-state index in [0.29, 0.717) is 5.02 Å². The van der Waals surface area contributed by atoms with Crippen molar-refractivity contribution >= 4 is 11.6 Å². The summed E-state index contributed by atoms with van der Waals surface area (Å²) < 4.78 is 18.9. The number of hydrogen-bond acceptors (Lipinski definition) is 2. The summed E-state index contributed by atoms with van der Waals surface area (Å²) in [7, 11) is 3.28. The van der Waals surface area contributed by atoms with Crippen LogP contribution in [-0.2, 0) is 0 Å². The van der Waals surface area contributed by atoms with Crippen molar-refractivity contribution in [2.24, 2.45) is 0 Å². The minimum absolute atomic E-state index is 0.169. The first-order valence-corrected chi connectivity index (χ1v) is 7.13. The molecule has 0 aromatic heterocycles. The van der Waals surface area contributed by atoms with Gasteiger partial charge in [-0.2, -0.15) is 0 Å². The Morgan fingerprint density at radius 1 is 1.14 bits per heavy atom. The lowest BCUT2D eigenvalue weighted by molar-refractivity contribution is 0.386. The number of hydrogen-bond donors (Lipinski definition) is 1. The van der Waals surface area contributed by atoms with Gasteiger partial charge in [0, 0.05) is 5.02 Å². The summed E-state index contributed by atoms with van der Waals surface area (Å²) in [5, 5.41) is 3.87. The Morgan fingerprint density at radius 3 is 2.38 bits per heavy atom. The lowest BCUT2D eigenvalue weighted by Crippen LogP contribution is -2.18. The molecule has 0 radical (unpaired) electrons. The number of benzene rings is 2. The number of ether oxygens (including phenoxy) is 1. The molecule has 0 aliphatic carbocycles. The molecule has 2 rings (SSSR count). The molecule has 0 saturated carbocycles. The van der Waals surface area contributed by atoms with Crippen LogP contribution in [-0.4, -0.2) is 14.2 Å². The van der Waals surface area contributed by atoms with Crippen LogP contribution < -0.4 is 10.1 Å². The normalized spacial score (nSPS) is 12.3. The molecule has 2 nitrogen and oxygen atoms in total. The smallest absolute Gasteiger partial charge is 0.165 e. The molecule has 21 heavy (non-hydrogen) atoms. The van der Waals surface area contributed by atoms with Crippen LogP contribution >= 0.6 is 11.6 Å². The van der Waals surface area contributed by atoms with Gasteiger partial charge in [0.05, 0.1) is 13.2 Å². The van der Waals surface area contributed by atoms with Gasteiger partial charge in [-0.25, -0.2) is 4.39 Å². The van der Waals surface area contributed by atoms with Gasteiger partial charge in [-0.1, -0.05) is 23.7 Å². The van der Waals surface area contributed by atoms with Crippen molar-refractivity contribution < 1.29 is 9.13 Å². The zero-order chi connectivity index (χ0) is 15.6. The zero-order valence-electron chi connectivity index (χ0n) is 12.6. The maximum Gasteiger partial charge on any atom is 0.165 e. The van der Waals surface area contributed by atoms with Crippen molar-refractivity contribution in [2.75, 3.05) is 14.2 Å². The Hall–Kier alpha value is -1.58. The van der Waals surface area contributed by atoms with Crippen molar-refractivity contribution in [1.29, 1.82) is 0 Å². The van der Waals surface area contributed by atoms with Gasteiger partial charge in [-0.3, -0.25) is 0 Å². The summed E-state index contributed by atoms with van der Waals surface area (Å²) in [5.41, 5.74) is 4.04. The van der Waals surface area contributed by atoms with E-state index >= 15 is 0 Å². The zero-order valence-corrected chi connectivity index (χ0v) is 13.4. The molecule has 112 valence electrons. The Morgan fingerprint density at radius 2 is 1.81 bits per heavy atom. The highest BCUT2D eigenvalue weighted by atomic mass is 35.5. The van der Waals surface area contributed by atoms with Gasteiger partial charge in [0.2, 0.25) is 0 Å². The topological polar surface area (TPSA) is 21.3 Å². The van der Waals surface area contributed by atoms with Gasteiger partial charge in [-0.15, -0.1) is 0 Å². The molecule has 0 amide bonds. The Labute approximate surface area is 129 Å². The van der Waals surface area contributed by atoms with E-state index in [1.807, 2.05) is 39.1 Å². The molecule has 0 aliphatic rings. The number of methoxy groups -OCH3 is 1. The average Bonchev–Trinajstić information content (AvgIpc) is 2.45. The second kappa shape index (κ2) is 6.46. The van der Waals surface area contributed by atoms with Gasteiger partial charge >= 0.3 is 0 Å². The van der Waals surface area contributed by atoms with Crippen LogP contribution in [0, 0.1) is 19.7 Å². The SMILES string of the molecule is CNC(c1ccc(OC)c(F)c1)c1cc(C)c(C)cc1Cl. The van der Waals surface area contributed by atoms with Crippen LogP contribution in [0.5, 0.6) is 5.75 Å². The highest BCUT2D eigenvalue weighted by Crippen LogP contribution is 2.32. The molecule has 0 spiro atoms. The van der Waals surface area contributed by atoms with Gasteiger partial charge in [0.1, 0.15) is 0 Å². The predicted molar refractivity (Wildman–Crippen MR) is 84.8 cm³/mol. The summed E-state index contributed by atoms with van der Waals surface area (Å²) in [6, 6.07) is 8.76. The van der Waals surface area contributed by atoms with Crippen LogP contribution in [0.3, 0.4) is 0 Å². The van der Waals surface area contributed by atoms with E-state index in [1.54, 1.807) is 6.07 Å². The van der Waals surface area contributed by atoms with E-state index in [9.17, 15) is 4.39 Å². The first kappa shape index (κ1) is 15.8. The fraction of sp³-hybridized carbons (Fsp3) is 0.294. The minimum Gasteiger partial charge on any atom is -0.494 e. The van der Waals surface area contributed by atoms with Crippen LogP contribution in [0.1, 0.15) is 28.3 Å². The summed E-state index contributed by atoms with van der Waals surface area (Å²) in [5.74, 6) is -0.144. The summed E-state index contributed by atoms with van der Waals surface area (Å²) >= 11 is 6.36. The lowest BCUT2D eigenvalue weighted by Gasteiger charge is -2.20. The number of aryl methyl sites for hydroxylation is 2. The van der Waals surface area contributed by atoms with Crippen LogP contribution in [0.25, 0.3) is 0 Å². The molecule has 4 heteroatoms. The molecule has 2 aromatic carbocycles. The number of rotatable bonds is 4. The summed E-state index contributed by atoms with van der Waals surface area (Å²) in [6.07, 6.45) is 0. The van der Waals surface area contributed by atoms with Crippen molar-refractivity contribution in [3.8, 4) is 5.75 Å². The predicted octanol–water partition coefficient (Wildman–Crippen LogP) is 4.41. The van der Waals surface area contributed by atoms with Gasteiger partial charge in [0.25, 0.3) is 0 Å². The van der Waals surface area contributed by atoms with E-state index in [1.165, 1.54) is 13.2 Å². The Kier molecular flexibility index (Phi) is 4.86. The van der Waals surface area contributed by atoms with E-state index in [0.717, 1.165) is 22.3 Å². The van der Waals surface area contributed by atoms with Crippen LogP contribution in [0.15, 0.2) is 30.3 Å². The lowest BCUT2D eigenvalue weighted by atomic mass is 9.95. The molecule has 0 fully saturated rings. The third-order valence-electron chi connectivity index (χ3n) is 3.72. The summed E-state index contributed by atoms with van der Waals surface area (Å²) in [4.78, 5) is 0. The third-order valence-corrected chi connectivity index (χ3v) is 4.05. The molecule has 1 atom stereocenters. The summed E-state index contributed by atoms with van der Waals surface area (Å²) in [6.45, 7) is 4.06. The second-order valence-electron chi connectivity index (χ2n) is 5.07. The molecule has 1 N–H and O–H groups in total. The molecule has 2 aromatic rings. The van der Waals surface area contributed by atoms with Gasteiger partial charge < -0.3 is 10.1 Å². The van der Waals surface area contributed by atoms with Crippen molar-refractivity contribution in [3.63, 3.8) is 0 Å². The first-order valence-electron chi connectivity index (χ1n) is 6.75. The van der Waals surface area contributed by atoms with Gasteiger partial charge in [-0.05, 0) is 61.3 Å². The largest absolute Gasteiger partial charge is 0.494 e. The number of halogens is 2. The van der Waals surface area contributed by atoms with E-state index < -0.39 is 0 Å². The first-order chi connectivity index (χ1) is 9.97. The minimum atomic E-state index is -0.379. The maximum atomic E-state index is 13.9. The molecular weight excluding hydrogens is 289 g/mol. The quantitative estimate of drug-likeness (QED) is 0.903. The fourth-order valence-electron chi connectivity index (χ4n) is 2.39.